The van der Waals surface area contributed by atoms with E-state index in [1.165, 1.54) is 12.1 Å². The molecule has 0 aliphatic rings. The second-order valence-electron chi connectivity index (χ2n) is 10.9. The zero-order chi connectivity index (χ0) is 30.2. The molecule has 0 bridgehead atoms. The topological polar surface area (TPSA) is 108 Å². The molecule has 0 saturated heterocycles. The summed E-state index contributed by atoms with van der Waals surface area (Å²) in [6, 6.07) is 21.3. The fourth-order valence-electron chi connectivity index (χ4n) is 4.42. The minimum absolute atomic E-state index is 0.0434. The first-order valence-corrected chi connectivity index (χ1v) is 13.3. The summed E-state index contributed by atoms with van der Waals surface area (Å²) < 4.78 is 5.41. The van der Waals surface area contributed by atoms with E-state index >= 15 is 0 Å². The Bertz CT molecular complexity index is 1390. The SMILES string of the molecule is C#CN(C(=O)C(Cc1ccc(O)cc1)NC(=O)OC(C)(C)C)C(C(=O)NCc1ccccc1)c1cc(C)cc(C)c1. The summed E-state index contributed by atoms with van der Waals surface area (Å²) in [6.45, 7) is 9.17. The molecule has 214 valence electrons. The molecule has 0 fully saturated rings. The molecule has 0 radical (unpaired) electrons. The monoisotopic (exact) mass is 555 g/mol. The average molecular weight is 556 g/mol. The number of hydrogen-bond donors (Lipinski definition) is 3. The Morgan fingerprint density at radius 1 is 0.951 bits per heavy atom. The van der Waals surface area contributed by atoms with Gasteiger partial charge in [-0.3, -0.25) is 14.5 Å². The molecule has 0 heterocycles. The van der Waals surface area contributed by atoms with Gasteiger partial charge < -0.3 is 20.5 Å². The zero-order valence-electron chi connectivity index (χ0n) is 24.1. The van der Waals surface area contributed by atoms with Gasteiger partial charge in [0.05, 0.1) is 0 Å². The van der Waals surface area contributed by atoms with Crippen molar-refractivity contribution in [1.82, 2.24) is 15.5 Å². The Hall–Kier alpha value is -4.77. The van der Waals surface area contributed by atoms with E-state index in [0.717, 1.165) is 21.6 Å². The van der Waals surface area contributed by atoms with Gasteiger partial charge in [0.1, 0.15) is 23.4 Å². The molecule has 0 aliphatic heterocycles. The summed E-state index contributed by atoms with van der Waals surface area (Å²) in [7, 11) is 0. The number of carbonyl (C=O) groups is 3. The summed E-state index contributed by atoms with van der Waals surface area (Å²) in [5.74, 6) is -1.07. The van der Waals surface area contributed by atoms with Crippen LogP contribution in [0, 0.1) is 26.3 Å². The van der Waals surface area contributed by atoms with E-state index in [1.54, 1.807) is 32.9 Å². The molecule has 3 aromatic carbocycles. The van der Waals surface area contributed by atoms with Crippen LogP contribution in [0.4, 0.5) is 4.79 Å². The van der Waals surface area contributed by atoms with Gasteiger partial charge in [-0.1, -0.05) is 78.2 Å². The number of nitrogens with one attached hydrogen (secondary N) is 2. The normalized spacial score (nSPS) is 12.4. The highest BCUT2D eigenvalue weighted by Gasteiger charge is 2.36. The van der Waals surface area contributed by atoms with E-state index in [-0.39, 0.29) is 18.7 Å². The van der Waals surface area contributed by atoms with Crippen LogP contribution in [0.1, 0.15) is 54.6 Å². The maximum atomic E-state index is 14.1. The molecule has 3 N–H and O–H groups in total. The number of phenols is 1. The third-order valence-corrected chi connectivity index (χ3v) is 6.12. The van der Waals surface area contributed by atoms with Crippen molar-refractivity contribution in [1.29, 1.82) is 0 Å². The second-order valence-corrected chi connectivity index (χ2v) is 10.9. The first-order chi connectivity index (χ1) is 19.4. The molecule has 0 aromatic heterocycles. The number of phenolic OH excluding ortho intramolecular Hbond substituents is 1. The molecule has 3 rings (SSSR count). The Kier molecular flexibility index (Phi) is 10.2. The van der Waals surface area contributed by atoms with Gasteiger partial charge in [0.25, 0.3) is 5.91 Å². The summed E-state index contributed by atoms with van der Waals surface area (Å²) in [5, 5.41) is 15.2. The summed E-state index contributed by atoms with van der Waals surface area (Å²) >= 11 is 0. The predicted octanol–water partition coefficient (Wildman–Crippen LogP) is 4.92. The number of nitrogens with zero attached hydrogens (tertiary/aromatic N) is 1. The van der Waals surface area contributed by atoms with Gasteiger partial charge in [0.2, 0.25) is 5.91 Å². The second kappa shape index (κ2) is 13.5. The van der Waals surface area contributed by atoms with Gasteiger partial charge >= 0.3 is 6.09 Å². The van der Waals surface area contributed by atoms with E-state index in [0.29, 0.717) is 11.1 Å². The fourth-order valence-corrected chi connectivity index (χ4v) is 4.42. The molecule has 41 heavy (non-hydrogen) atoms. The van der Waals surface area contributed by atoms with Crippen molar-refractivity contribution in [2.45, 2.75) is 65.3 Å². The van der Waals surface area contributed by atoms with Gasteiger partial charge in [-0.25, -0.2) is 4.79 Å². The molecular weight excluding hydrogens is 518 g/mol. The number of carbonyl (C=O) groups excluding carboxylic acids is 3. The molecule has 0 saturated carbocycles. The largest absolute Gasteiger partial charge is 0.508 e. The van der Waals surface area contributed by atoms with Crippen molar-refractivity contribution in [3.63, 3.8) is 0 Å². The van der Waals surface area contributed by atoms with Crippen LogP contribution in [0.25, 0.3) is 0 Å². The third-order valence-electron chi connectivity index (χ3n) is 6.12. The van der Waals surface area contributed by atoms with Gasteiger partial charge in [-0.15, -0.1) is 0 Å². The lowest BCUT2D eigenvalue weighted by atomic mass is 9.98. The average Bonchev–Trinajstić information content (AvgIpc) is 2.89. The van der Waals surface area contributed by atoms with Crippen LogP contribution in [-0.2, 0) is 27.3 Å². The quantitative estimate of drug-likeness (QED) is 0.257. The van der Waals surface area contributed by atoms with Crippen LogP contribution in [-0.4, -0.2) is 39.6 Å². The molecule has 3 amide bonds. The molecule has 0 aliphatic carbocycles. The van der Waals surface area contributed by atoms with Crippen LogP contribution in [0.3, 0.4) is 0 Å². The maximum Gasteiger partial charge on any atom is 0.408 e. The molecule has 0 spiro atoms. The van der Waals surface area contributed by atoms with Crippen molar-refractivity contribution in [3.05, 3.63) is 101 Å². The first kappa shape index (κ1) is 30.8. The third kappa shape index (κ3) is 9.14. The van der Waals surface area contributed by atoms with E-state index in [2.05, 4.69) is 16.7 Å². The minimum Gasteiger partial charge on any atom is -0.508 e. The highest BCUT2D eigenvalue weighted by molar-refractivity contribution is 5.93. The van der Waals surface area contributed by atoms with Crippen LogP contribution < -0.4 is 10.6 Å². The number of alkyl carbamates (subject to hydrolysis) is 1. The van der Waals surface area contributed by atoms with Crippen LogP contribution >= 0.6 is 0 Å². The van der Waals surface area contributed by atoms with Crippen molar-refractivity contribution in [2.75, 3.05) is 0 Å². The van der Waals surface area contributed by atoms with Gasteiger partial charge in [0, 0.05) is 19.0 Å². The number of aromatic hydroxyl groups is 1. The lowest BCUT2D eigenvalue weighted by molar-refractivity contribution is -0.138. The molecule has 3 aromatic rings. The Morgan fingerprint density at radius 2 is 1.56 bits per heavy atom. The highest BCUT2D eigenvalue weighted by Crippen LogP contribution is 2.25. The smallest absolute Gasteiger partial charge is 0.408 e. The molecular formula is C33H37N3O5. The van der Waals surface area contributed by atoms with E-state index < -0.39 is 35.6 Å². The number of terminal acetylenes is 1. The maximum absolute atomic E-state index is 14.1. The summed E-state index contributed by atoms with van der Waals surface area (Å²) in [6.07, 6.45) is 5.16. The van der Waals surface area contributed by atoms with Crippen molar-refractivity contribution >= 4 is 17.9 Å². The number of amides is 3. The standard InChI is InChI=1S/C33H37N3O5/c1-7-36(31(39)28(35-32(40)41-33(4,5)6)20-24-13-15-27(37)16-14-24)29(26-18-22(2)17-23(3)19-26)30(38)34-21-25-11-9-8-10-12-25/h1,8-19,28-29,37H,20-21H2,2-6H3,(H,34,38)(H,35,40). The van der Waals surface area contributed by atoms with Crippen LogP contribution in [0.5, 0.6) is 5.75 Å². The number of benzene rings is 3. The zero-order valence-corrected chi connectivity index (χ0v) is 24.1. The number of rotatable bonds is 9. The molecule has 2 atom stereocenters. The number of aryl methyl sites for hydroxylation is 2. The van der Waals surface area contributed by atoms with E-state index in [1.807, 2.05) is 62.4 Å². The highest BCUT2D eigenvalue weighted by atomic mass is 16.6. The van der Waals surface area contributed by atoms with E-state index in [4.69, 9.17) is 11.2 Å². The summed E-state index contributed by atoms with van der Waals surface area (Å²) in [5.41, 5.74) is 3.08. The van der Waals surface area contributed by atoms with Gasteiger partial charge in [-0.2, -0.15) is 0 Å². The van der Waals surface area contributed by atoms with E-state index in [9.17, 15) is 19.5 Å². The minimum atomic E-state index is -1.17. The van der Waals surface area contributed by atoms with Crippen LogP contribution in [0.15, 0.2) is 72.8 Å². The molecule has 2 unspecified atom stereocenters. The Labute approximate surface area is 241 Å². The number of ether oxygens (including phenoxy) is 1. The van der Waals surface area contributed by atoms with Crippen LogP contribution in [0.2, 0.25) is 0 Å². The molecule has 8 heteroatoms. The fraction of sp³-hybridized carbons (Fsp3) is 0.303. The van der Waals surface area contributed by atoms with Crippen molar-refractivity contribution in [3.8, 4) is 18.2 Å². The Morgan fingerprint density at radius 3 is 2.12 bits per heavy atom. The van der Waals surface area contributed by atoms with Gasteiger partial charge in [-0.05, 0) is 63.4 Å². The van der Waals surface area contributed by atoms with Gasteiger partial charge in [0.15, 0.2) is 0 Å². The number of hydrogen-bond acceptors (Lipinski definition) is 5. The van der Waals surface area contributed by atoms with Crippen molar-refractivity contribution in [2.24, 2.45) is 0 Å². The first-order valence-electron chi connectivity index (χ1n) is 13.3. The Balaban J connectivity index is 1.99. The molecule has 8 nitrogen and oxygen atoms in total. The predicted molar refractivity (Wildman–Crippen MR) is 158 cm³/mol. The lowest BCUT2D eigenvalue weighted by Gasteiger charge is -2.31. The lowest BCUT2D eigenvalue weighted by Crippen LogP contribution is -2.52. The summed E-state index contributed by atoms with van der Waals surface area (Å²) in [4.78, 5) is 41.6. The van der Waals surface area contributed by atoms with Crippen molar-refractivity contribution < 1.29 is 24.2 Å².